The van der Waals surface area contributed by atoms with Crippen molar-refractivity contribution in [3.05, 3.63) is 64.2 Å². The van der Waals surface area contributed by atoms with E-state index in [1.54, 1.807) is 0 Å². The molecule has 0 aliphatic heterocycles. The van der Waals surface area contributed by atoms with Gasteiger partial charge in [-0.05, 0) is 94.7 Å². The molecule has 0 radical (unpaired) electrons. The van der Waals surface area contributed by atoms with E-state index in [1.807, 2.05) is 32.0 Å². The summed E-state index contributed by atoms with van der Waals surface area (Å²) in [5, 5.41) is 6.32. The molecule has 2 aromatic rings. The van der Waals surface area contributed by atoms with Gasteiger partial charge in [-0.15, -0.1) is 0 Å². The van der Waals surface area contributed by atoms with Crippen molar-refractivity contribution in [3.8, 4) is 0 Å². The predicted molar refractivity (Wildman–Crippen MR) is 161 cm³/mol. The highest BCUT2D eigenvalue weighted by Gasteiger charge is 2.28. The molecule has 0 spiro atoms. The summed E-state index contributed by atoms with van der Waals surface area (Å²) in [5.74, 6) is 0.373. The van der Waals surface area contributed by atoms with E-state index in [2.05, 4.69) is 56.5 Å². The highest BCUT2D eigenvalue weighted by molar-refractivity contribution is 5.93. The van der Waals surface area contributed by atoms with Crippen LogP contribution in [0, 0.1) is 27.7 Å². The first-order chi connectivity index (χ1) is 18.2. The van der Waals surface area contributed by atoms with Crippen LogP contribution < -0.4 is 27.6 Å². The Labute approximate surface area is 248 Å². The Balaban J connectivity index is 0.00000760. The number of hydrogen-bond acceptors (Lipinski definition) is 3. The van der Waals surface area contributed by atoms with Gasteiger partial charge in [0, 0.05) is 12.1 Å². The van der Waals surface area contributed by atoms with E-state index in [1.165, 1.54) is 23.1 Å². The van der Waals surface area contributed by atoms with Gasteiger partial charge >= 0.3 is 0 Å². The van der Waals surface area contributed by atoms with Crippen LogP contribution in [0.4, 0.5) is 5.69 Å². The first kappa shape index (κ1) is 35.0. The fourth-order valence-corrected chi connectivity index (χ4v) is 5.39. The highest BCUT2D eigenvalue weighted by atomic mass is 79.9. The first-order valence-electron chi connectivity index (χ1n) is 14.7. The van der Waals surface area contributed by atoms with Crippen LogP contribution in [0.3, 0.4) is 0 Å². The van der Waals surface area contributed by atoms with E-state index in [9.17, 15) is 9.59 Å². The number of quaternary nitrogens is 1. The SMILES string of the molecule is CCCC[N+](CC)(CCCCCCNCC(=O)Nc1c(C)cccc1C)CC(=O)Cc1c(C)cccc1C.[Br-]. The summed E-state index contributed by atoms with van der Waals surface area (Å²) in [6.45, 7) is 17.7. The van der Waals surface area contributed by atoms with Gasteiger partial charge in [0.1, 0.15) is 6.54 Å². The number of hydrogen-bond donors (Lipinski definition) is 2. The summed E-state index contributed by atoms with van der Waals surface area (Å²) >= 11 is 0. The van der Waals surface area contributed by atoms with Gasteiger partial charge in [-0.2, -0.15) is 0 Å². The Morgan fingerprint density at radius 3 is 1.92 bits per heavy atom. The summed E-state index contributed by atoms with van der Waals surface area (Å²) in [6, 6.07) is 12.3. The Morgan fingerprint density at radius 2 is 1.33 bits per heavy atom. The van der Waals surface area contributed by atoms with Crippen molar-refractivity contribution >= 4 is 17.4 Å². The summed E-state index contributed by atoms with van der Waals surface area (Å²) in [4.78, 5) is 25.5. The molecule has 6 heteroatoms. The Bertz CT molecular complexity index is 999. The van der Waals surface area contributed by atoms with Crippen LogP contribution in [-0.4, -0.2) is 55.4 Å². The average Bonchev–Trinajstić information content (AvgIpc) is 2.88. The molecular formula is C33H52BrN3O2. The largest absolute Gasteiger partial charge is 1.00 e. The minimum atomic E-state index is 0. The highest BCUT2D eigenvalue weighted by Crippen LogP contribution is 2.20. The van der Waals surface area contributed by atoms with Crippen LogP contribution in [0.25, 0.3) is 0 Å². The molecule has 1 unspecified atom stereocenters. The zero-order valence-electron chi connectivity index (χ0n) is 25.3. The number of anilines is 1. The van der Waals surface area contributed by atoms with Crippen molar-refractivity contribution in [1.29, 1.82) is 0 Å². The number of halogens is 1. The van der Waals surface area contributed by atoms with Gasteiger partial charge in [-0.3, -0.25) is 9.59 Å². The van der Waals surface area contributed by atoms with E-state index in [0.29, 0.717) is 25.3 Å². The number of para-hydroxylation sites is 1. The number of benzene rings is 2. The Kier molecular flexibility index (Phi) is 16.5. The average molecular weight is 603 g/mol. The second kappa shape index (κ2) is 18.4. The third-order valence-corrected chi connectivity index (χ3v) is 7.95. The molecule has 2 rings (SSSR count). The number of nitrogens with zero attached hydrogens (tertiary/aromatic N) is 1. The minimum absolute atomic E-state index is 0. The molecule has 0 bridgehead atoms. The monoisotopic (exact) mass is 601 g/mol. The van der Waals surface area contributed by atoms with E-state index in [-0.39, 0.29) is 22.9 Å². The van der Waals surface area contributed by atoms with Gasteiger partial charge in [-0.25, -0.2) is 0 Å². The van der Waals surface area contributed by atoms with Crippen molar-refractivity contribution in [2.24, 2.45) is 0 Å². The molecule has 218 valence electrons. The van der Waals surface area contributed by atoms with Gasteiger partial charge in [0.15, 0.2) is 5.78 Å². The van der Waals surface area contributed by atoms with E-state index in [4.69, 9.17) is 0 Å². The lowest BCUT2D eigenvalue weighted by Gasteiger charge is -2.37. The number of carbonyl (C=O) groups is 2. The minimum Gasteiger partial charge on any atom is -1.00 e. The maximum Gasteiger partial charge on any atom is 0.238 e. The van der Waals surface area contributed by atoms with Crippen molar-refractivity contribution in [1.82, 2.24) is 5.32 Å². The van der Waals surface area contributed by atoms with E-state index >= 15 is 0 Å². The molecule has 0 aliphatic carbocycles. The third kappa shape index (κ3) is 11.9. The maximum absolute atomic E-state index is 13.2. The number of ketones is 1. The van der Waals surface area contributed by atoms with Crippen LogP contribution in [0.15, 0.2) is 36.4 Å². The molecule has 0 saturated carbocycles. The van der Waals surface area contributed by atoms with Crippen LogP contribution in [0.1, 0.15) is 80.2 Å². The molecule has 0 saturated heterocycles. The maximum atomic E-state index is 13.2. The number of unbranched alkanes of at least 4 members (excludes halogenated alkanes) is 4. The predicted octanol–water partition coefficient (Wildman–Crippen LogP) is 3.46. The molecule has 0 aliphatic rings. The van der Waals surface area contributed by atoms with Crippen LogP contribution >= 0.6 is 0 Å². The summed E-state index contributed by atoms with van der Waals surface area (Å²) in [5.41, 5.74) is 6.75. The smallest absolute Gasteiger partial charge is 0.238 e. The van der Waals surface area contributed by atoms with E-state index in [0.717, 1.165) is 79.6 Å². The van der Waals surface area contributed by atoms with Gasteiger partial charge in [-0.1, -0.05) is 56.2 Å². The fraction of sp³-hybridized carbons (Fsp3) is 0.576. The molecule has 2 aromatic carbocycles. The van der Waals surface area contributed by atoms with Gasteiger partial charge in [0.25, 0.3) is 0 Å². The molecule has 5 nitrogen and oxygen atoms in total. The summed E-state index contributed by atoms with van der Waals surface area (Å²) in [6.07, 6.45) is 7.37. The second-order valence-electron chi connectivity index (χ2n) is 11.1. The van der Waals surface area contributed by atoms with Crippen LogP contribution in [0.2, 0.25) is 0 Å². The van der Waals surface area contributed by atoms with Gasteiger partial charge < -0.3 is 32.1 Å². The molecule has 0 fully saturated rings. The van der Waals surface area contributed by atoms with Crippen LogP contribution in [0.5, 0.6) is 0 Å². The van der Waals surface area contributed by atoms with Crippen molar-refractivity contribution in [2.75, 3.05) is 44.6 Å². The molecule has 2 N–H and O–H groups in total. The van der Waals surface area contributed by atoms with Gasteiger partial charge in [0.2, 0.25) is 5.91 Å². The number of likely N-dealkylation sites (N-methyl/N-ethyl adjacent to an activating group) is 1. The van der Waals surface area contributed by atoms with Crippen molar-refractivity contribution in [2.45, 2.75) is 86.5 Å². The lowest BCUT2D eigenvalue weighted by molar-refractivity contribution is -0.919. The first-order valence-corrected chi connectivity index (χ1v) is 14.7. The standard InChI is InChI=1S/C33H51N3O2.BrH/c1-7-9-21-36(8-2,25-30(37)23-31-26(3)16-14-17-27(31)4)22-13-11-10-12-20-34-24-32(38)35-33-28(5)18-15-19-29(33)6;/h14-19,34H,7-13,20-25H2,1-6H3;1H. The van der Waals surface area contributed by atoms with Gasteiger partial charge in [0.05, 0.1) is 26.2 Å². The number of nitrogens with one attached hydrogen (secondary N) is 2. The Hall–Kier alpha value is -2.02. The topological polar surface area (TPSA) is 58.2 Å². The summed E-state index contributed by atoms with van der Waals surface area (Å²) < 4.78 is 0.911. The van der Waals surface area contributed by atoms with Crippen LogP contribution in [-0.2, 0) is 16.0 Å². The second-order valence-corrected chi connectivity index (χ2v) is 11.1. The number of rotatable bonds is 18. The van der Waals surface area contributed by atoms with Crippen molar-refractivity contribution < 1.29 is 31.1 Å². The molecule has 0 heterocycles. The molecular weight excluding hydrogens is 550 g/mol. The molecule has 1 atom stereocenters. The molecule has 0 aromatic heterocycles. The lowest BCUT2D eigenvalue weighted by Crippen LogP contribution is -3.00. The Morgan fingerprint density at radius 1 is 0.769 bits per heavy atom. The zero-order chi connectivity index (χ0) is 28.0. The number of carbonyl (C=O) groups excluding carboxylic acids is 2. The fourth-order valence-electron chi connectivity index (χ4n) is 5.39. The quantitative estimate of drug-likeness (QED) is 0.203. The van der Waals surface area contributed by atoms with Crippen molar-refractivity contribution in [3.63, 3.8) is 0 Å². The lowest BCUT2D eigenvalue weighted by atomic mass is 9.97. The molecule has 1 amide bonds. The normalized spacial score (nSPS) is 12.5. The van der Waals surface area contributed by atoms with E-state index < -0.39 is 0 Å². The summed E-state index contributed by atoms with van der Waals surface area (Å²) in [7, 11) is 0. The molecule has 39 heavy (non-hydrogen) atoms. The number of Topliss-reactive ketones (excluding diaryl/α,β-unsaturated/α-hetero) is 1. The number of aryl methyl sites for hydroxylation is 4. The zero-order valence-corrected chi connectivity index (χ0v) is 26.9. The number of amides is 1. The third-order valence-electron chi connectivity index (χ3n) is 7.95.